The van der Waals surface area contributed by atoms with E-state index in [2.05, 4.69) is 10.4 Å². The molecule has 3 aromatic rings. The lowest BCUT2D eigenvalue weighted by molar-refractivity contribution is 0.102. The normalized spacial score (nSPS) is 10.6. The number of carbonyl (C=O) groups excluding carboxylic acids is 1. The van der Waals surface area contributed by atoms with Gasteiger partial charge in [0.2, 0.25) is 0 Å². The van der Waals surface area contributed by atoms with Crippen molar-refractivity contribution >= 4 is 11.6 Å². The van der Waals surface area contributed by atoms with E-state index in [1.807, 2.05) is 62.7 Å². The number of anilines is 1. The summed E-state index contributed by atoms with van der Waals surface area (Å²) in [7, 11) is 0. The van der Waals surface area contributed by atoms with Gasteiger partial charge in [-0.2, -0.15) is 5.10 Å². The third kappa shape index (κ3) is 4.01. The van der Waals surface area contributed by atoms with Crippen LogP contribution in [-0.4, -0.2) is 28.9 Å². The van der Waals surface area contributed by atoms with E-state index in [0.717, 1.165) is 17.1 Å². The summed E-state index contributed by atoms with van der Waals surface area (Å²) >= 11 is 0. The Labute approximate surface area is 165 Å². The van der Waals surface area contributed by atoms with Gasteiger partial charge in [-0.05, 0) is 58.0 Å². The Balaban J connectivity index is 1.87. The molecule has 0 unspecified atom stereocenters. The van der Waals surface area contributed by atoms with Crippen LogP contribution in [0.4, 0.5) is 5.69 Å². The van der Waals surface area contributed by atoms with Gasteiger partial charge in [0.1, 0.15) is 0 Å². The quantitative estimate of drug-likeness (QED) is 0.655. The second kappa shape index (κ2) is 8.61. The van der Waals surface area contributed by atoms with Crippen molar-refractivity contribution in [2.75, 3.05) is 18.5 Å². The van der Waals surface area contributed by atoms with Crippen LogP contribution in [0.15, 0.2) is 48.5 Å². The fraction of sp³-hybridized carbons (Fsp3) is 0.273. The minimum Gasteiger partial charge on any atom is -0.490 e. The Morgan fingerprint density at radius 1 is 1.00 bits per heavy atom. The molecule has 0 bridgehead atoms. The van der Waals surface area contributed by atoms with Crippen molar-refractivity contribution in [2.45, 2.75) is 27.7 Å². The van der Waals surface area contributed by atoms with Gasteiger partial charge in [-0.1, -0.05) is 18.2 Å². The number of nitrogens with zero attached hydrogens (tertiary/aromatic N) is 2. The van der Waals surface area contributed by atoms with E-state index in [0.29, 0.717) is 36.0 Å². The largest absolute Gasteiger partial charge is 0.490 e. The first kappa shape index (κ1) is 19.5. The molecule has 6 nitrogen and oxygen atoms in total. The fourth-order valence-electron chi connectivity index (χ4n) is 3.02. The van der Waals surface area contributed by atoms with Crippen molar-refractivity contribution in [3.05, 3.63) is 65.5 Å². The van der Waals surface area contributed by atoms with Crippen molar-refractivity contribution in [3.63, 3.8) is 0 Å². The Morgan fingerprint density at radius 3 is 2.36 bits per heavy atom. The molecule has 1 N–H and O–H groups in total. The molecule has 1 amide bonds. The predicted octanol–water partition coefficient (Wildman–Crippen LogP) is 4.54. The number of hydrogen-bond donors (Lipinski definition) is 1. The van der Waals surface area contributed by atoms with Gasteiger partial charge in [-0.15, -0.1) is 0 Å². The average Bonchev–Trinajstić information content (AvgIpc) is 2.98. The summed E-state index contributed by atoms with van der Waals surface area (Å²) in [5.74, 6) is 0.971. The van der Waals surface area contributed by atoms with Gasteiger partial charge in [0.25, 0.3) is 5.91 Å². The second-order valence-corrected chi connectivity index (χ2v) is 6.27. The van der Waals surface area contributed by atoms with Crippen LogP contribution in [0.25, 0.3) is 5.69 Å². The highest BCUT2D eigenvalue weighted by molar-refractivity contribution is 6.05. The summed E-state index contributed by atoms with van der Waals surface area (Å²) in [5.41, 5.74) is 3.78. The maximum Gasteiger partial charge on any atom is 0.255 e. The number of ether oxygens (including phenoxy) is 2. The molecule has 3 rings (SSSR count). The molecule has 0 fully saturated rings. The number of amides is 1. The summed E-state index contributed by atoms with van der Waals surface area (Å²) in [6.07, 6.45) is 0. The molecule has 0 aliphatic rings. The lowest BCUT2D eigenvalue weighted by atomic mass is 10.1. The molecule has 0 aliphatic carbocycles. The van der Waals surface area contributed by atoms with E-state index in [1.165, 1.54) is 0 Å². The van der Waals surface area contributed by atoms with Crippen LogP contribution in [0.1, 0.15) is 35.6 Å². The lowest BCUT2D eigenvalue weighted by Gasteiger charge is -2.12. The number of hydrogen-bond acceptors (Lipinski definition) is 4. The zero-order valence-corrected chi connectivity index (χ0v) is 16.7. The highest BCUT2D eigenvalue weighted by atomic mass is 16.5. The molecule has 28 heavy (non-hydrogen) atoms. The zero-order chi connectivity index (χ0) is 20.1. The van der Waals surface area contributed by atoms with Crippen molar-refractivity contribution in [2.24, 2.45) is 0 Å². The van der Waals surface area contributed by atoms with E-state index in [1.54, 1.807) is 18.2 Å². The highest BCUT2D eigenvalue weighted by Gasteiger charge is 2.17. The van der Waals surface area contributed by atoms with Crippen LogP contribution in [0, 0.1) is 13.8 Å². The van der Waals surface area contributed by atoms with Crippen LogP contribution in [0.2, 0.25) is 0 Å². The third-order valence-electron chi connectivity index (χ3n) is 4.34. The Morgan fingerprint density at radius 2 is 1.68 bits per heavy atom. The smallest absolute Gasteiger partial charge is 0.255 e. The average molecular weight is 379 g/mol. The molecule has 6 heteroatoms. The molecule has 0 aliphatic heterocycles. The van der Waals surface area contributed by atoms with Crippen molar-refractivity contribution in [3.8, 4) is 17.2 Å². The first-order valence-corrected chi connectivity index (χ1v) is 9.37. The summed E-state index contributed by atoms with van der Waals surface area (Å²) < 4.78 is 13.0. The van der Waals surface area contributed by atoms with Crippen LogP contribution in [0.3, 0.4) is 0 Å². The van der Waals surface area contributed by atoms with Gasteiger partial charge in [0.05, 0.1) is 36.0 Å². The molecule has 0 spiro atoms. The van der Waals surface area contributed by atoms with Gasteiger partial charge in [0.15, 0.2) is 11.5 Å². The molecule has 0 saturated carbocycles. The number of rotatable bonds is 7. The lowest BCUT2D eigenvalue weighted by Crippen LogP contribution is -2.13. The van der Waals surface area contributed by atoms with E-state index in [9.17, 15) is 4.79 Å². The summed E-state index contributed by atoms with van der Waals surface area (Å²) in [6, 6.07) is 15.0. The SMILES string of the molecule is CCOc1ccc(C(=O)Nc2c(C)nn(-c3ccccc3)c2C)cc1OCC. The zero-order valence-electron chi connectivity index (χ0n) is 16.7. The number of para-hydroxylation sites is 1. The summed E-state index contributed by atoms with van der Waals surface area (Å²) in [5, 5.41) is 7.56. The summed E-state index contributed by atoms with van der Waals surface area (Å²) in [6.45, 7) is 8.65. The molecule has 2 aromatic carbocycles. The molecule has 146 valence electrons. The number of aromatic nitrogens is 2. The minimum atomic E-state index is -0.220. The Bertz CT molecular complexity index is 965. The van der Waals surface area contributed by atoms with Crippen LogP contribution in [0.5, 0.6) is 11.5 Å². The number of carbonyl (C=O) groups is 1. The predicted molar refractivity (Wildman–Crippen MR) is 110 cm³/mol. The molecule has 0 saturated heterocycles. The van der Waals surface area contributed by atoms with Crippen LogP contribution < -0.4 is 14.8 Å². The topological polar surface area (TPSA) is 65.4 Å². The van der Waals surface area contributed by atoms with Gasteiger partial charge < -0.3 is 14.8 Å². The fourth-order valence-corrected chi connectivity index (χ4v) is 3.02. The maximum atomic E-state index is 12.8. The second-order valence-electron chi connectivity index (χ2n) is 6.27. The minimum absolute atomic E-state index is 0.220. The molecule has 1 heterocycles. The molecule has 1 aromatic heterocycles. The third-order valence-corrected chi connectivity index (χ3v) is 4.34. The first-order valence-electron chi connectivity index (χ1n) is 9.37. The molecule has 0 atom stereocenters. The maximum absolute atomic E-state index is 12.8. The van der Waals surface area contributed by atoms with Crippen molar-refractivity contribution in [1.29, 1.82) is 0 Å². The molecule has 0 radical (unpaired) electrons. The Kier molecular flexibility index (Phi) is 5.99. The standard InChI is InChI=1S/C22H25N3O3/c1-5-27-19-13-12-17(14-20(19)28-6-2)22(26)23-21-15(3)24-25(16(21)4)18-10-8-7-9-11-18/h7-14H,5-6H2,1-4H3,(H,23,26). The monoisotopic (exact) mass is 379 g/mol. The highest BCUT2D eigenvalue weighted by Crippen LogP contribution is 2.29. The van der Waals surface area contributed by atoms with Gasteiger partial charge in [-0.3, -0.25) is 4.79 Å². The molecular weight excluding hydrogens is 354 g/mol. The van der Waals surface area contributed by atoms with Gasteiger partial charge >= 0.3 is 0 Å². The van der Waals surface area contributed by atoms with Crippen LogP contribution >= 0.6 is 0 Å². The summed E-state index contributed by atoms with van der Waals surface area (Å²) in [4.78, 5) is 12.8. The van der Waals surface area contributed by atoms with E-state index in [4.69, 9.17) is 9.47 Å². The first-order chi connectivity index (χ1) is 13.5. The number of nitrogens with one attached hydrogen (secondary N) is 1. The molecular formula is C22H25N3O3. The van der Waals surface area contributed by atoms with E-state index < -0.39 is 0 Å². The van der Waals surface area contributed by atoms with Crippen molar-refractivity contribution in [1.82, 2.24) is 9.78 Å². The number of aryl methyl sites for hydroxylation is 1. The van der Waals surface area contributed by atoms with Gasteiger partial charge in [-0.25, -0.2) is 4.68 Å². The van der Waals surface area contributed by atoms with Crippen LogP contribution in [-0.2, 0) is 0 Å². The van der Waals surface area contributed by atoms with Gasteiger partial charge in [0, 0.05) is 5.56 Å². The van der Waals surface area contributed by atoms with E-state index >= 15 is 0 Å². The number of benzene rings is 2. The Hall–Kier alpha value is -3.28. The van der Waals surface area contributed by atoms with E-state index in [-0.39, 0.29) is 5.91 Å². The van der Waals surface area contributed by atoms with Crippen molar-refractivity contribution < 1.29 is 14.3 Å².